The van der Waals surface area contributed by atoms with E-state index >= 15 is 0 Å². The number of hydrogen-bond donors (Lipinski definition) is 2. The van der Waals surface area contributed by atoms with Crippen LogP contribution in [0, 0.1) is 11.8 Å². The van der Waals surface area contributed by atoms with Crippen LogP contribution >= 0.6 is 0 Å². The third-order valence-electron chi connectivity index (χ3n) is 2.55. The molecule has 0 saturated heterocycles. The van der Waals surface area contributed by atoms with Crippen LogP contribution in [0.4, 0.5) is 5.69 Å². The number of nitrogens with two attached hydrogens (primary N) is 1. The van der Waals surface area contributed by atoms with E-state index < -0.39 is 0 Å². The van der Waals surface area contributed by atoms with E-state index in [2.05, 4.69) is 27.2 Å². The van der Waals surface area contributed by atoms with Crippen molar-refractivity contribution >= 4 is 11.6 Å². The largest absolute Gasteiger partial charge is 0.320 e. The molecule has 0 aliphatic carbocycles. The maximum Gasteiger partial charge on any atom is 0.257 e. The summed E-state index contributed by atoms with van der Waals surface area (Å²) in [6.45, 7) is 3.00. The van der Waals surface area contributed by atoms with Gasteiger partial charge >= 0.3 is 0 Å². The molecule has 0 bridgehead atoms. The van der Waals surface area contributed by atoms with Crippen LogP contribution in [0.5, 0.6) is 0 Å². The number of amides is 1. The maximum absolute atomic E-state index is 12.1. The minimum atomic E-state index is -0.246. The van der Waals surface area contributed by atoms with E-state index in [1.165, 1.54) is 6.20 Å². The molecule has 0 aromatic carbocycles. The zero-order valence-corrected chi connectivity index (χ0v) is 11.1. The summed E-state index contributed by atoms with van der Waals surface area (Å²) in [7, 11) is 0. The van der Waals surface area contributed by atoms with E-state index in [9.17, 15) is 4.79 Å². The number of hydrogen-bond acceptors (Lipinski definition) is 4. The number of aromatic nitrogens is 3. The van der Waals surface area contributed by atoms with Crippen LogP contribution in [0.3, 0.4) is 0 Å². The number of nitrogens with one attached hydrogen (secondary N) is 1. The molecule has 2 aromatic rings. The molecule has 0 aliphatic heterocycles. The number of nitrogens with zero attached hydrogens (tertiary/aromatic N) is 3. The molecule has 6 nitrogen and oxygen atoms in total. The lowest BCUT2D eigenvalue weighted by atomic mass is 10.2. The number of anilines is 1. The smallest absolute Gasteiger partial charge is 0.257 e. The third kappa shape index (κ3) is 3.43. The maximum atomic E-state index is 12.1. The lowest BCUT2D eigenvalue weighted by molar-refractivity contribution is 0.102. The van der Waals surface area contributed by atoms with E-state index in [1.54, 1.807) is 29.3 Å². The summed E-state index contributed by atoms with van der Waals surface area (Å²) < 4.78 is 1.73. The normalized spacial score (nSPS) is 9.70. The molecule has 3 N–H and O–H groups in total. The number of aryl methyl sites for hydroxylation is 1. The van der Waals surface area contributed by atoms with Crippen molar-refractivity contribution in [3.8, 4) is 11.8 Å². The second kappa shape index (κ2) is 6.50. The second-order valence-electron chi connectivity index (χ2n) is 4.01. The van der Waals surface area contributed by atoms with Crippen LogP contribution in [0.25, 0.3) is 0 Å². The van der Waals surface area contributed by atoms with Crippen molar-refractivity contribution in [3.63, 3.8) is 0 Å². The van der Waals surface area contributed by atoms with Gasteiger partial charge in [-0.3, -0.25) is 14.5 Å². The zero-order chi connectivity index (χ0) is 14.4. The van der Waals surface area contributed by atoms with Crippen LogP contribution in [0.15, 0.2) is 30.9 Å². The fourth-order valence-corrected chi connectivity index (χ4v) is 1.59. The SMILES string of the molecule is CCn1cc(NC(=O)c2cncc(C#CCN)c2)cn1. The van der Waals surface area contributed by atoms with Gasteiger partial charge in [0.25, 0.3) is 5.91 Å². The van der Waals surface area contributed by atoms with Gasteiger partial charge in [-0.2, -0.15) is 5.10 Å². The summed E-state index contributed by atoms with van der Waals surface area (Å²) in [4.78, 5) is 16.1. The highest BCUT2D eigenvalue weighted by Gasteiger charge is 2.08. The highest BCUT2D eigenvalue weighted by Crippen LogP contribution is 2.08. The van der Waals surface area contributed by atoms with Crippen molar-refractivity contribution in [1.29, 1.82) is 0 Å². The van der Waals surface area contributed by atoms with Gasteiger partial charge in [0.05, 0.1) is 24.0 Å². The summed E-state index contributed by atoms with van der Waals surface area (Å²) in [6, 6.07) is 1.68. The van der Waals surface area contributed by atoms with Gasteiger partial charge in [0.1, 0.15) is 0 Å². The average molecular weight is 269 g/mol. The Hall–Kier alpha value is -2.65. The van der Waals surface area contributed by atoms with E-state index in [1.807, 2.05) is 6.92 Å². The Morgan fingerprint density at radius 3 is 3.00 bits per heavy atom. The lowest BCUT2D eigenvalue weighted by Crippen LogP contribution is -2.12. The Kier molecular flexibility index (Phi) is 4.47. The van der Waals surface area contributed by atoms with Gasteiger partial charge in [0.15, 0.2) is 0 Å². The van der Waals surface area contributed by atoms with Gasteiger partial charge in [-0.25, -0.2) is 0 Å². The quantitative estimate of drug-likeness (QED) is 0.809. The summed E-state index contributed by atoms with van der Waals surface area (Å²) >= 11 is 0. The first-order valence-electron chi connectivity index (χ1n) is 6.20. The van der Waals surface area contributed by atoms with Gasteiger partial charge in [0, 0.05) is 30.7 Å². The standard InChI is InChI=1S/C14H15N5O/c1-2-19-10-13(9-17-19)18-14(20)12-6-11(4-3-5-15)7-16-8-12/h6-10H,2,5,15H2,1H3,(H,18,20). The Balaban J connectivity index is 2.12. The van der Waals surface area contributed by atoms with E-state index in [4.69, 9.17) is 5.73 Å². The Labute approximate surface area is 117 Å². The van der Waals surface area contributed by atoms with Crippen LogP contribution < -0.4 is 11.1 Å². The Morgan fingerprint density at radius 2 is 2.30 bits per heavy atom. The zero-order valence-electron chi connectivity index (χ0n) is 11.1. The predicted molar refractivity (Wildman–Crippen MR) is 76.0 cm³/mol. The number of carbonyl (C=O) groups excluding carboxylic acids is 1. The molecule has 1 amide bonds. The van der Waals surface area contributed by atoms with E-state index in [0.717, 1.165) is 6.54 Å². The monoisotopic (exact) mass is 269 g/mol. The van der Waals surface area contributed by atoms with Gasteiger partial charge in [-0.05, 0) is 13.0 Å². The highest BCUT2D eigenvalue weighted by molar-refractivity contribution is 6.04. The molecule has 20 heavy (non-hydrogen) atoms. The molecule has 6 heteroatoms. The molecular weight excluding hydrogens is 254 g/mol. The molecule has 2 aromatic heterocycles. The van der Waals surface area contributed by atoms with E-state index in [0.29, 0.717) is 16.8 Å². The minimum absolute atomic E-state index is 0.246. The fourth-order valence-electron chi connectivity index (χ4n) is 1.59. The molecule has 2 rings (SSSR count). The number of pyridine rings is 1. The molecule has 0 aliphatic rings. The molecule has 0 saturated carbocycles. The molecular formula is C14H15N5O. The first-order chi connectivity index (χ1) is 9.72. The van der Waals surface area contributed by atoms with Crippen molar-refractivity contribution in [2.75, 3.05) is 11.9 Å². The van der Waals surface area contributed by atoms with Gasteiger partial charge in [0.2, 0.25) is 0 Å². The summed E-state index contributed by atoms with van der Waals surface area (Å²) in [5.41, 5.74) is 7.06. The number of carbonyl (C=O) groups is 1. The van der Waals surface area contributed by atoms with Crippen LogP contribution in [-0.4, -0.2) is 27.2 Å². The van der Waals surface area contributed by atoms with Crippen molar-refractivity contribution in [2.45, 2.75) is 13.5 Å². The number of rotatable bonds is 3. The average Bonchev–Trinajstić information content (AvgIpc) is 2.93. The van der Waals surface area contributed by atoms with Crippen molar-refractivity contribution in [1.82, 2.24) is 14.8 Å². The van der Waals surface area contributed by atoms with Crippen molar-refractivity contribution in [2.24, 2.45) is 5.73 Å². The summed E-state index contributed by atoms with van der Waals surface area (Å²) in [5, 5.41) is 6.85. The Bertz CT molecular complexity index is 665. The third-order valence-corrected chi connectivity index (χ3v) is 2.55. The molecule has 0 spiro atoms. The molecule has 0 unspecified atom stereocenters. The van der Waals surface area contributed by atoms with E-state index in [-0.39, 0.29) is 12.5 Å². The fraction of sp³-hybridized carbons (Fsp3) is 0.214. The topological polar surface area (TPSA) is 85.8 Å². The van der Waals surface area contributed by atoms with Crippen LogP contribution in [-0.2, 0) is 6.54 Å². The van der Waals surface area contributed by atoms with Gasteiger partial charge < -0.3 is 11.1 Å². The highest BCUT2D eigenvalue weighted by atomic mass is 16.1. The predicted octanol–water partition coefficient (Wildman–Crippen LogP) is 0.861. The molecule has 102 valence electrons. The summed E-state index contributed by atoms with van der Waals surface area (Å²) in [6.07, 6.45) is 6.46. The first-order valence-corrected chi connectivity index (χ1v) is 6.20. The summed E-state index contributed by atoms with van der Waals surface area (Å²) in [5.74, 6) is 5.32. The molecule has 0 atom stereocenters. The second-order valence-corrected chi connectivity index (χ2v) is 4.01. The molecule has 0 radical (unpaired) electrons. The lowest BCUT2D eigenvalue weighted by Gasteiger charge is -2.02. The Morgan fingerprint density at radius 1 is 1.45 bits per heavy atom. The van der Waals surface area contributed by atoms with Gasteiger partial charge in [-0.15, -0.1) is 0 Å². The van der Waals surface area contributed by atoms with Crippen LogP contribution in [0.2, 0.25) is 0 Å². The minimum Gasteiger partial charge on any atom is -0.320 e. The molecule has 0 fully saturated rings. The van der Waals surface area contributed by atoms with Crippen molar-refractivity contribution in [3.05, 3.63) is 42.0 Å². The van der Waals surface area contributed by atoms with Gasteiger partial charge in [-0.1, -0.05) is 11.8 Å². The first kappa shape index (κ1) is 13.8. The van der Waals surface area contributed by atoms with Crippen molar-refractivity contribution < 1.29 is 4.79 Å². The van der Waals surface area contributed by atoms with Crippen LogP contribution in [0.1, 0.15) is 22.8 Å². The molecule has 2 heterocycles.